The van der Waals surface area contributed by atoms with Crippen molar-refractivity contribution < 1.29 is 14.7 Å². The largest absolute Gasteiger partial charge is 0.392 e. The molecule has 1 aromatic carbocycles. The Kier molecular flexibility index (Phi) is 4.84. The van der Waals surface area contributed by atoms with Crippen LogP contribution in [0.4, 0.5) is 5.69 Å². The van der Waals surface area contributed by atoms with Gasteiger partial charge in [0, 0.05) is 13.1 Å². The topological polar surface area (TPSA) is 81.7 Å². The number of anilines is 1. The summed E-state index contributed by atoms with van der Waals surface area (Å²) < 4.78 is 0. The molecule has 0 spiro atoms. The summed E-state index contributed by atoms with van der Waals surface area (Å²) in [5, 5.41) is 15.8. The molecule has 3 rings (SSSR count). The fraction of sp³-hybridized carbons (Fsp3) is 0.500. The smallest absolute Gasteiger partial charge is 0.249 e. The van der Waals surface area contributed by atoms with Gasteiger partial charge in [0.2, 0.25) is 11.8 Å². The summed E-state index contributed by atoms with van der Waals surface area (Å²) in [6, 6.07) is 6.22. The molecule has 2 aliphatic rings. The minimum absolute atomic E-state index is 0.142. The number of aliphatic hydroxyl groups is 1. The van der Waals surface area contributed by atoms with Crippen molar-refractivity contribution in [2.45, 2.75) is 37.5 Å². The molecule has 3 atom stereocenters. The van der Waals surface area contributed by atoms with Crippen LogP contribution in [0.1, 0.15) is 19.3 Å². The van der Waals surface area contributed by atoms with E-state index in [1.54, 1.807) is 17.0 Å². The molecule has 2 saturated heterocycles. The first-order valence-electron chi connectivity index (χ1n) is 7.84. The molecule has 0 unspecified atom stereocenters. The fourth-order valence-electron chi connectivity index (χ4n) is 3.11. The molecule has 124 valence electrons. The predicted octanol–water partition coefficient (Wildman–Crippen LogP) is 0.674. The Hall–Kier alpha value is -1.63. The van der Waals surface area contributed by atoms with Crippen molar-refractivity contribution in [2.75, 3.05) is 18.0 Å². The lowest BCUT2D eigenvalue weighted by atomic mass is 10.0. The van der Waals surface area contributed by atoms with E-state index in [-0.39, 0.29) is 11.8 Å². The molecule has 2 amide bonds. The number of hydrogen-bond donors (Lipinski definition) is 3. The summed E-state index contributed by atoms with van der Waals surface area (Å²) in [5.74, 6) is -0.378. The van der Waals surface area contributed by atoms with Gasteiger partial charge in [-0.25, -0.2) is 0 Å². The SMILES string of the molecule is O=C(N[C@@H]1CCCN(c2ccccc2Cl)C1=O)[C@H]1C[C@@H](O)CN1. The molecular weight excluding hydrogens is 318 g/mol. The number of nitrogens with one attached hydrogen (secondary N) is 2. The average Bonchev–Trinajstić information content (AvgIpc) is 2.97. The zero-order valence-electron chi connectivity index (χ0n) is 12.7. The van der Waals surface area contributed by atoms with Gasteiger partial charge < -0.3 is 20.6 Å². The van der Waals surface area contributed by atoms with E-state index >= 15 is 0 Å². The quantitative estimate of drug-likeness (QED) is 0.757. The summed E-state index contributed by atoms with van der Waals surface area (Å²) in [6.45, 7) is 0.998. The van der Waals surface area contributed by atoms with Crippen molar-refractivity contribution in [3.05, 3.63) is 29.3 Å². The maximum absolute atomic E-state index is 12.7. The average molecular weight is 338 g/mol. The van der Waals surface area contributed by atoms with E-state index in [9.17, 15) is 14.7 Å². The summed E-state index contributed by atoms with van der Waals surface area (Å²) in [7, 11) is 0. The molecular formula is C16H20ClN3O3. The summed E-state index contributed by atoms with van der Waals surface area (Å²) in [6.07, 6.45) is 1.28. The van der Waals surface area contributed by atoms with Gasteiger partial charge >= 0.3 is 0 Å². The Morgan fingerprint density at radius 2 is 2.17 bits per heavy atom. The normalized spacial score (nSPS) is 28.0. The summed E-state index contributed by atoms with van der Waals surface area (Å²) in [5.41, 5.74) is 0.674. The molecule has 7 heteroatoms. The Balaban J connectivity index is 1.68. The molecule has 2 fully saturated rings. The molecule has 23 heavy (non-hydrogen) atoms. The van der Waals surface area contributed by atoms with Gasteiger partial charge in [-0.1, -0.05) is 23.7 Å². The highest BCUT2D eigenvalue weighted by Crippen LogP contribution is 2.28. The third-order valence-corrected chi connectivity index (χ3v) is 4.64. The minimum atomic E-state index is -0.549. The molecule has 0 radical (unpaired) electrons. The van der Waals surface area contributed by atoms with Crippen LogP contribution in [0.5, 0.6) is 0 Å². The van der Waals surface area contributed by atoms with Crippen molar-refractivity contribution in [3.63, 3.8) is 0 Å². The Morgan fingerprint density at radius 3 is 2.87 bits per heavy atom. The first-order chi connectivity index (χ1) is 11.1. The number of nitrogens with zero attached hydrogens (tertiary/aromatic N) is 1. The second kappa shape index (κ2) is 6.86. The zero-order chi connectivity index (χ0) is 16.4. The molecule has 0 aromatic heterocycles. The highest BCUT2D eigenvalue weighted by atomic mass is 35.5. The van der Waals surface area contributed by atoms with Gasteiger partial charge in [-0.3, -0.25) is 9.59 Å². The van der Waals surface area contributed by atoms with E-state index in [0.717, 1.165) is 6.42 Å². The molecule has 0 aliphatic carbocycles. The Bertz CT molecular complexity index is 610. The van der Waals surface area contributed by atoms with Gasteiger partial charge in [0.05, 0.1) is 22.9 Å². The van der Waals surface area contributed by atoms with E-state index in [1.807, 2.05) is 12.1 Å². The number of carbonyl (C=O) groups is 2. The van der Waals surface area contributed by atoms with Crippen LogP contribution in [0.3, 0.4) is 0 Å². The van der Waals surface area contributed by atoms with E-state index in [1.165, 1.54) is 0 Å². The van der Waals surface area contributed by atoms with Gasteiger partial charge in [-0.05, 0) is 31.4 Å². The predicted molar refractivity (Wildman–Crippen MR) is 87.4 cm³/mol. The van der Waals surface area contributed by atoms with Crippen molar-refractivity contribution in [3.8, 4) is 0 Å². The van der Waals surface area contributed by atoms with Crippen LogP contribution in [0.2, 0.25) is 5.02 Å². The van der Waals surface area contributed by atoms with E-state index in [2.05, 4.69) is 10.6 Å². The van der Waals surface area contributed by atoms with Gasteiger partial charge in [0.15, 0.2) is 0 Å². The maximum atomic E-state index is 12.7. The molecule has 2 heterocycles. The van der Waals surface area contributed by atoms with Gasteiger partial charge in [0.25, 0.3) is 0 Å². The lowest BCUT2D eigenvalue weighted by Crippen LogP contribution is -2.55. The Labute approximate surface area is 139 Å². The van der Waals surface area contributed by atoms with Crippen LogP contribution >= 0.6 is 11.6 Å². The highest BCUT2D eigenvalue weighted by molar-refractivity contribution is 6.33. The van der Waals surface area contributed by atoms with Gasteiger partial charge in [0.1, 0.15) is 6.04 Å². The lowest BCUT2D eigenvalue weighted by molar-refractivity contribution is -0.129. The van der Waals surface area contributed by atoms with Gasteiger partial charge in [-0.2, -0.15) is 0 Å². The Morgan fingerprint density at radius 1 is 1.39 bits per heavy atom. The second-order valence-electron chi connectivity index (χ2n) is 6.00. The number of aliphatic hydroxyl groups excluding tert-OH is 1. The zero-order valence-corrected chi connectivity index (χ0v) is 13.4. The monoisotopic (exact) mass is 337 g/mol. The number of benzene rings is 1. The van der Waals surface area contributed by atoms with E-state index in [0.29, 0.717) is 36.6 Å². The molecule has 1 aromatic rings. The van der Waals surface area contributed by atoms with Crippen molar-refractivity contribution in [1.29, 1.82) is 0 Å². The first-order valence-corrected chi connectivity index (χ1v) is 8.22. The molecule has 3 N–H and O–H groups in total. The lowest BCUT2D eigenvalue weighted by Gasteiger charge is -2.33. The standard InChI is InChI=1S/C16H20ClN3O3/c17-11-4-1-2-6-14(11)20-7-3-5-12(16(20)23)19-15(22)13-8-10(21)9-18-13/h1-2,4,6,10,12-13,18,21H,3,5,7-9H2,(H,19,22)/t10-,12-,13-/m1/s1. The minimum Gasteiger partial charge on any atom is -0.392 e. The third-order valence-electron chi connectivity index (χ3n) is 4.32. The van der Waals surface area contributed by atoms with Crippen LogP contribution in [0.15, 0.2) is 24.3 Å². The van der Waals surface area contributed by atoms with E-state index < -0.39 is 18.2 Å². The second-order valence-corrected chi connectivity index (χ2v) is 6.40. The number of β-amino-alcohol motifs (C(OH)–C–C–N with tert-alkyl or cyclic N) is 1. The number of para-hydroxylation sites is 1. The van der Waals surface area contributed by atoms with Crippen LogP contribution < -0.4 is 15.5 Å². The first kappa shape index (κ1) is 16.2. The number of amides is 2. The number of carbonyl (C=O) groups excluding carboxylic acids is 2. The van der Waals surface area contributed by atoms with Crippen LogP contribution in [-0.4, -0.2) is 48.2 Å². The number of rotatable bonds is 3. The van der Waals surface area contributed by atoms with Crippen LogP contribution in [-0.2, 0) is 9.59 Å². The molecule has 0 bridgehead atoms. The third kappa shape index (κ3) is 3.49. The summed E-state index contributed by atoms with van der Waals surface area (Å²) in [4.78, 5) is 26.5. The van der Waals surface area contributed by atoms with Crippen molar-refractivity contribution in [1.82, 2.24) is 10.6 Å². The van der Waals surface area contributed by atoms with Gasteiger partial charge in [-0.15, -0.1) is 0 Å². The fourth-order valence-corrected chi connectivity index (χ4v) is 3.35. The summed E-state index contributed by atoms with van der Waals surface area (Å²) >= 11 is 6.18. The number of piperidine rings is 1. The number of hydrogen-bond acceptors (Lipinski definition) is 4. The maximum Gasteiger partial charge on any atom is 0.249 e. The molecule has 6 nitrogen and oxygen atoms in total. The van der Waals surface area contributed by atoms with E-state index in [4.69, 9.17) is 11.6 Å². The van der Waals surface area contributed by atoms with Crippen molar-refractivity contribution in [2.24, 2.45) is 0 Å². The highest BCUT2D eigenvalue weighted by Gasteiger charge is 2.35. The van der Waals surface area contributed by atoms with Crippen LogP contribution in [0, 0.1) is 0 Å². The molecule has 0 saturated carbocycles. The number of halogens is 1. The molecule has 2 aliphatic heterocycles. The van der Waals surface area contributed by atoms with Crippen molar-refractivity contribution >= 4 is 29.1 Å². The van der Waals surface area contributed by atoms with Crippen LogP contribution in [0.25, 0.3) is 0 Å².